The fraction of sp³-hybridized carbons (Fsp3) is 0.0714. The predicted octanol–water partition coefficient (Wildman–Crippen LogP) is 2.93. The Hall–Kier alpha value is -3.74. The van der Waals surface area contributed by atoms with Crippen LogP contribution in [0.25, 0.3) is 0 Å². The predicted molar refractivity (Wildman–Crippen MR) is 97.7 cm³/mol. The van der Waals surface area contributed by atoms with E-state index < -0.39 is 31.9 Å². The number of benzene rings is 2. The van der Waals surface area contributed by atoms with E-state index in [-0.39, 0.29) is 10.9 Å². The monoisotopic (exact) mass is 395 g/mol. The van der Waals surface area contributed by atoms with Gasteiger partial charge < -0.3 is 10.8 Å². The van der Waals surface area contributed by atoms with E-state index in [2.05, 4.69) is 0 Å². The Kier molecular flexibility index (Phi) is 7.63. The third-order valence-corrected chi connectivity index (χ3v) is 3.70. The first-order chi connectivity index (χ1) is 12.6. The van der Waals surface area contributed by atoms with Gasteiger partial charge in [0.25, 0.3) is 11.4 Å². The molecule has 13 heteroatoms. The molecule has 2 aromatic rings. The van der Waals surface area contributed by atoms with Crippen LogP contribution in [0.2, 0.25) is 0 Å². The van der Waals surface area contributed by atoms with Crippen molar-refractivity contribution in [3.8, 4) is 5.75 Å². The molecule has 12 nitrogen and oxygen atoms in total. The van der Waals surface area contributed by atoms with Crippen molar-refractivity contribution in [3.63, 3.8) is 0 Å². The molecule has 0 aromatic heterocycles. The number of rotatable bonds is 5. The van der Waals surface area contributed by atoms with Crippen molar-refractivity contribution in [3.05, 3.63) is 78.4 Å². The van der Waals surface area contributed by atoms with Gasteiger partial charge in [0.05, 0.1) is 20.8 Å². The molecule has 0 bridgehead atoms. The molecule has 0 aliphatic carbocycles. The number of nitro groups is 3. The fourth-order valence-corrected chi connectivity index (χ4v) is 2.16. The maximum Gasteiger partial charge on any atom is 0.317 e. The third kappa shape index (κ3) is 6.95. The molecule has 0 aliphatic heterocycles. The summed E-state index contributed by atoms with van der Waals surface area (Å²) < 4.78 is 0. The highest BCUT2D eigenvalue weighted by molar-refractivity contribution is 8.13. The van der Waals surface area contributed by atoms with E-state index >= 15 is 0 Å². The second kappa shape index (κ2) is 9.67. The number of phenolic OH excluding ortho intramolecular Hbond substituents is 1. The average Bonchev–Trinajstić information content (AvgIpc) is 2.60. The molecule has 0 atom stereocenters. The van der Waals surface area contributed by atoms with Gasteiger partial charge in [-0.3, -0.25) is 35.8 Å². The van der Waals surface area contributed by atoms with Crippen LogP contribution in [-0.4, -0.2) is 25.0 Å². The van der Waals surface area contributed by atoms with Gasteiger partial charge in [0.2, 0.25) is 0 Å². The van der Waals surface area contributed by atoms with E-state index in [0.29, 0.717) is 11.8 Å². The van der Waals surface area contributed by atoms with Gasteiger partial charge in [0.15, 0.2) is 10.9 Å². The summed E-state index contributed by atoms with van der Waals surface area (Å²) in [5, 5.41) is 46.7. The van der Waals surface area contributed by atoms with Crippen LogP contribution < -0.4 is 5.73 Å². The van der Waals surface area contributed by atoms with Crippen molar-refractivity contribution in [2.24, 2.45) is 5.73 Å². The number of phenols is 1. The summed E-state index contributed by atoms with van der Waals surface area (Å²) in [5.74, 6) is -0.0246. The standard InChI is InChI=1S/C8H9N3O2S.C6H4N2O5/c9-8(10)14-5-6-1-3-7(4-2-6)11(12)13;9-6-2-1-4(7(10)11)3-5(6)8(12)13/h1-4H,5H2,(H3,9,10);1-3,9H. The van der Waals surface area contributed by atoms with Crippen molar-refractivity contribution in [2.45, 2.75) is 5.75 Å². The van der Waals surface area contributed by atoms with Crippen LogP contribution in [0.15, 0.2) is 42.5 Å². The number of hydrogen-bond donors (Lipinski definition) is 3. The number of nitro benzene ring substituents is 3. The molecule has 2 rings (SSSR count). The summed E-state index contributed by atoms with van der Waals surface area (Å²) in [6.07, 6.45) is 0. The third-order valence-electron chi connectivity index (χ3n) is 2.91. The Balaban J connectivity index is 0.000000271. The van der Waals surface area contributed by atoms with E-state index in [1.807, 2.05) is 0 Å². The topological polar surface area (TPSA) is 200 Å². The molecule has 142 valence electrons. The molecule has 0 saturated carbocycles. The lowest BCUT2D eigenvalue weighted by Gasteiger charge is -1.98. The first-order valence-corrected chi connectivity index (χ1v) is 7.92. The largest absolute Gasteiger partial charge is 0.502 e. The minimum atomic E-state index is -0.887. The molecule has 27 heavy (non-hydrogen) atoms. The molecule has 0 saturated heterocycles. The summed E-state index contributed by atoms with van der Waals surface area (Å²) in [7, 11) is 0. The highest BCUT2D eigenvalue weighted by Gasteiger charge is 2.18. The van der Waals surface area contributed by atoms with Crippen LogP contribution in [0.4, 0.5) is 17.1 Å². The van der Waals surface area contributed by atoms with Crippen LogP contribution in [0.3, 0.4) is 0 Å². The number of nitrogens with two attached hydrogens (primary N) is 1. The molecule has 4 N–H and O–H groups in total. The zero-order valence-electron chi connectivity index (χ0n) is 13.5. The number of thioether (sulfide) groups is 1. The Bertz CT molecular complexity index is 873. The molecule has 0 spiro atoms. The lowest BCUT2D eigenvalue weighted by molar-refractivity contribution is -0.394. The Labute approximate surface area is 155 Å². The second-order valence-corrected chi connectivity index (χ2v) is 5.78. The van der Waals surface area contributed by atoms with Crippen LogP contribution in [0, 0.1) is 35.8 Å². The normalized spacial score (nSPS) is 9.63. The highest BCUT2D eigenvalue weighted by atomic mass is 32.2. The number of non-ortho nitro benzene ring substituents is 2. The van der Waals surface area contributed by atoms with E-state index in [4.69, 9.17) is 16.2 Å². The number of hydrogen-bond acceptors (Lipinski definition) is 9. The maximum absolute atomic E-state index is 10.3. The quantitative estimate of drug-likeness (QED) is 0.294. The summed E-state index contributed by atoms with van der Waals surface area (Å²) in [6.45, 7) is 0. The van der Waals surface area contributed by atoms with Gasteiger partial charge >= 0.3 is 5.69 Å². The first kappa shape index (κ1) is 21.3. The number of nitrogens with zero attached hydrogens (tertiary/aromatic N) is 3. The molecular weight excluding hydrogens is 382 g/mol. The van der Waals surface area contributed by atoms with E-state index in [0.717, 1.165) is 17.7 Å². The Morgan fingerprint density at radius 2 is 1.48 bits per heavy atom. The van der Waals surface area contributed by atoms with Gasteiger partial charge in [0.1, 0.15) is 0 Å². The summed E-state index contributed by atoms with van der Waals surface area (Å²) in [5.41, 5.74) is 5.04. The highest BCUT2D eigenvalue weighted by Crippen LogP contribution is 2.29. The number of aromatic hydroxyl groups is 1. The van der Waals surface area contributed by atoms with Crippen molar-refractivity contribution < 1.29 is 19.9 Å². The van der Waals surface area contributed by atoms with Crippen molar-refractivity contribution >= 4 is 34.0 Å². The maximum atomic E-state index is 10.3. The SMILES string of the molecule is N=C(N)SCc1ccc([N+](=O)[O-])cc1.O=[N+]([O-])c1ccc(O)c([N+](=O)[O-])c1. The summed E-state index contributed by atoms with van der Waals surface area (Å²) in [4.78, 5) is 28.6. The van der Waals surface area contributed by atoms with Gasteiger partial charge in [-0.1, -0.05) is 23.9 Å². The molecule has 0 amide bonds. The number of amidine groups is 1. The van der Waals surface area contributed by atoms with Crippen LogP contribution in [-0.2, 0) is 5.75 Å². The van der Waals surface area contributed by atoms with Gasteiger partial charge in [0, 0.05) is 24.0 Å². The minimum Gasteiger partial charge on any atom is -0.502 e. The molecule has 0 unspecified atom stereocenters. The smallest absolute Gasteiger partial charge is 0.317 e. The van der Waals surface area contributed by atoms with Gasteiger partial charge in [-0.2, -0.15) is 0 Å². The lowest BCUT2D eigenvalue weighted by Crippen LogP contribution is -2.03. The second-order valence-electron chi connectivity index (χ2n) is 4.76. The molecule has 0 fully saturated rings. The first-order valence-electron chi connectivity index (χ1n) is 6.93. The van der Waals surface area contributed by atoms with Crippen molar-refractivity contribution in [2.75, 3.05) is 0 Å². The van der Waals surface area contributed by atoms with Gasteiger partial charge in [-0.25, -0.2) is 0 Å². The molecule has 0 aliphatic rings. The summed E-state index contributed by atoms with van der Waals surface area (Å²) in [6, 6.07) is 8.81. The van der Waals surface area contributed by atoms with Crippen LogP contribution >= 0.6 is 11.8 Å². The van der Waals surface area contributed by atoms with Crippen molar-refractivity contribution in [1.29, 1.82) is 5.41 Å². The van der Waals surface area contributed by atoms with Gasteiger partial charge in [-0.05, 0) is 11.6 Å². The Morgan fingerprint density at radius 3 is 1.93 bits per heavy atom. The van der Waals surface area contributed by atoms with E-state index in [1.165, 1.54) is 23.9 Å². The van der Waals surface area contributed by atoms with Crippen LogP contribution in [0.1, 0.15) is 5.56 Å². The minimum absolute atomic E-state index is 0.0448. The molecule has 2 aromatic carbocycles. The molecule has 0 heterocycles. The average molecular weight is 395 g/mol. The Morgan fingerprint density at radius 1 is 0.963 bits per heavy atom. The fourth-order valence-electron chi connectivity index (χ4n) is 1.65. The van der Waals surface area contributed by atoms with Gasteiger partial charge in [-0.15, -0.1) is 0 Å². The van der Waals surface area contributed by atoms with Crippen LogP contribution in [0.5, 0.6) is 5.75 Å². The molecule has 0 radical (unpaired) electrons. The number of nitrogens with one attached hydrogen (secondary N) is 1. The lowest BCUT2D eigenvalue weighted by atomic mass is 10.2. The zero-order chi connectivity index (χ0) is 20.6. The summed E-state index contributed by atoms with van der Waals surface area (Å²) >= 11 is 1.19. The van der Waals surface area contributed by atoms with Crippen molar-refractivity contribution in [1.82, 2.24) is 0 Å². The van der Waals surface area contributed by atoms with E-state index in [9.17, 15) is 30.3 Å². The van der Waals surface area contributed by atoms with E-state index in [1.54, 1.807) is 12.1 Å². The molecular formula is C14H13N5O7S. The zero-order valence-corrected chi connectivity index (χ0v) is 14.3.